The molecule has 1 heterocycles. The molecule has 5 unspecified atom stereocenters. The largest absolute Gasteiger partial charge is 0.484 e. The van der Waals surface area contributed by atoms with E-state index in [9.17, 15) is 9.18 Å². The molecule has 1 saturated heterocycles. The van der Waals surface area contributed by atoms with Crippen molar-refractivity contribution in [2.75, 3.05) is 39.5 Å². The number of esters is 1. The van der Waals surface area contributed by atoms with Crippen LogP contribution in [0.25, 0.3) is 0 Å². The van der Waals surface area contributed by atoms with Gasteiger partial charge in [-0.05, 0) is 68.6 Å². The van der Waals surface area contributed by atoms with Crippen LogP contribution in [0.4, 0.5) is 4.39 Å². The lowest BCUT2D eigenvalue weighted by Gasteiger charge is -2.40. The van der Waals surface area contributed by atoms with Gasteiger partial charge >= 0.3 is 5.97 Å². The van der Waals surface area contributed by atoms with Crippen LogP contribution in [0.15, 0.2) is 18.2 Å². The summed E-state index contributed by atoms with van der Waals surface area (Å²) < 4.78 is 31.6. The first-order valence-electron chi connectivity index (χ1n) is 11.5. The minimum atomic E-state index is -0.429. The molecule has 3 aliphatic carbocycles. The first-order chi connectivity index (χ1) is 14.5. The van der Waals surface area contributed by atoms with Gasteiger partial charge in [-0.2, -0.15) is 0 Å². The Morgan fingerprint density at radius 2 is 2.07 bits per heavy atom. The highest BCUT2D eigenvalue weighted by atomic mass is 19.1. The first-order valence-corrected chi connectivity index (χ1v) is 11.5. The lowest BCUT2D eigenvalue weighted by Crippen LogP contribution is -2.43. The number of benzene rings is 1. The topological polar surface area (TPSA) is 48.0 Å². The maximum absolute atomic E-state index is 14.6. The zero-order chi connectivity index (χ0) is 20.7. The van der Waals surface area contributed by atoms with Crippen molar-refractivity contribution in [3.8, 4) is 5.75 Å². The summed E-state index contributed by atoms with van der Waals surface area (Å²) >= 11 is 0. The van der Waals surface area contributed by atoms with Gasteiger partial charge in [-0.25, -0.2) is 9.18 Å². The molecule has 5 nitrogen and oxygen atoms in total. The van der Waals surface area contributed by atoms with E-state index < -0.39 is 11.8 Å². The third-order valence-electron chi connectivity index (χ3n) is 8.01. The molecular weight excluding hydrogens is 385 g/mol. The molecule has 0 N–H and O–H groups in total. The van der Waals surface area contributed by atoms with Gasteiger partial charge in [-0.3, -0.25) is 4.90 Å². The molecule has 0 amide bonds. The van der Waals surface area contributed by atoms with Crippen LogP contribution in [0.1, 0.15) is 49.4 Å². The van der Waals surface area contributed by atoms with Crippen molar-refractivity contribution >= 4 is 5.97 Å². The van der Waals surface area contributed by atoms with E-state index in [1.165, 1.54) is 43.9 Å². The first kappa shape index (κ1) is 20.3. The Bertz CT molecular complexity index is 795. The Balaban J connectivity index is 1.22. The third-order valence-corrected chi connectivity index (χ3v) is 8.01. The normalized spacial score (nSPS) is 35.4. The van der Waals surface area contributed by atoms with Crippen LogP contribution in [0, 0.1) is 29.5 Å². The van der Waals surface area contributed by atoms with E-state index in [0.717, 1.165) is 44.6 Å². The van der Waals surface area contributed by atoms with Crippen LogP contribution in [-0.4, -0.2) is 55.9 Å². The zero-order valence-electron chi connectivity index (χ0n) is 17.8. The lowest BCUT2D eigenvalue weighted by molar-refractivity contribution is -0.00980. The highest BCUT2D eigenvalue weighted by molar-refractivity contribution is 5.89. The van der Waals surface area contributed by atoms with Crippen LogP contribution in [0.2, 0.25) is 0 Å². The van der Waals surface area contributed by atoms with Crippen LogP contribution in [-0.2, 0) is 9.47 Å². The molecule has 4 aliphatic rings. The maximum Gasteiger partial charge on any atom is 0.338 e. The Hall–Kier alpha value is -1.66. The Labute approximate surface area is 177 Å². The standard InChI is InChI=1S/C24H32FNO4/c1-24(15-17-13-20(24)19-4-2-3-18(17)19)30-22-14-16(5-6-21(22)25)23(27)29-12-9-26-7-10-28-11-8-26/h5-6,14,17-20H,2-4,7-13,15H2,1H3. The van der Waals surface area contributed by atoms with E-state index in [2.05, 4.69) is 11.8 Å². The van der Waals surface area contributed by atoms with Gasteiger partial charge in [0.25, 0.3) is 0 Å². The summed E-state index contributed by atoms with van der Waals surface area (Å²) in [5.74, 6) is 2.13. The molecule has 0 aromatic heterocycles. The number of fused-ring (bicyclic) bond motifs is 5. The summed E-state index contributed by atoms with van der Waals surface area (Å²) in [5.41, 5.74) is 0.00876. The van der Waals surface area contributed by atoms with E-state index in [1.807, 2.05) is 0 Å². The predicted molar refractivity (Wildman–Crippen MR) is 110 cm³/mol. The van der Waals surface area contributed by atoms with Crippen molar-refractivity contribution in [3.05, 3.63) is 29.6 Å². The summed E-state index contributed by atoms with van der Waals surface area (Å²) in [5, 5.41) is 0. The van der Waals surface area contributed by atoms with Gasteiger partial charge < -0.3 is 14.2 Å². The minimum Gasteiger partial charge on any atom is -0.484 e. The van der Waals surface area contributed by atoms with E-state index in [0.29, 0.717) is 30.6 Å². The number of nitrogens with zero attached hydrogens (tertiary/aromatic N) is 1. The molecule has 0 radical (unpaired) electrons. The smallest absolute Gasteiger partial charge is 0.338 e. The molecule has 4 fully saturated rings. The number of hydrogen-bond donors (Lipinski definition) is 0. The van der Waals surface area contributed by atoms with Crippen LogP contribution >= 0.6 is 0 Å². The molecular formula is C24H32FNO4. The van der Waals surface area contributed by atoms with Crippen molar-refractivity contribution in [2.45, 2.75) is 44.6 Å². The molecule has 30 heavy (non-hydrogen) atoms. The molecule has 0 spiro atoms. The van der Waals surface area contributed by atoms with Gasteiger partial charge in [0.1, 0.15) is 12.2 Å². The monoisotopic (exact) mass is 417 g/mol. The highest BCUT2D eigenvalue weighted by Gasteiger charge is 2.60. The summed E-state index contributed by atoms with van der Waals surface area (Å²) in [6.07, 6.45) is 6.15. The SMILES string of the molecule is CC1(Oc2cc(C(=O)OCCN3CCOCC3)ccc2F)CC2CC1C1CCCC21. The number of ether oxygens (including phenoxy) is 3. The molecule has 5 atom stereocenters. The fourth-order valence-electron chi connectivity index (χ4n) is 6.64. The van der Waals surface area contributed by atoms with Gasteiger partial charge in [0.05, 0.1) is 18.8 Å². The number of morpholine rings is 1. The number of rotatable bonds is 6. The Kier molecular flexibility index (Phi) is 5.48. The zero-order valence-corrected chi connectivity index (χ0v) is 17.8. The van der Waals surface area contributed by atoms with Gasteiger partial charge in [0.15, 0.2) is 11.6 Å². The molecule has 1 aromatic carbocycles. The molecule has 5 rings (SSSR count). The summed E-state index contributed by atoms with van der Waals surface area (Å²) in [4.78, 5) is 14.7. The molecule has 164 valence electrons. The number of halogens is 1. The van der Waals surface area contributed by atoms with Gasteiger partial charge in [0.2, 0.25) is 0 Å². The molecule has 1 aliphatic heterocycles. The maximum atomic E-state index is 14.6. The number of hydrogen-bond acceptors (Lipinski definition) is 5. The summed E-state index contributed by atoms with van der Waals surface area (Å²) in [6, 6.07) is 4.33. The van der Waals surface area contributed by atoms with E-state index in [4.69, 9.17) is 14.2 Å². The predicted octanol–water partition coefficient (Wildman–Crippen LogP) is 3.91. The van der Waals surface area contributed by atoms with Crippen molar-refractivity contribution in [1.29, 1.82) is 0 Å². The van der Waals surface area contributed by atoms with Crippen molar-refractivity contribution in [2.24, 2.45) is 23.7 Å². The molecule has 3 saturated carbocycles. The second-order valence-corrected chi connectivity index (χ2v) is 9.71. The van der Waals surface area contributed by atoms with Crippen molar-refractivity contribution < 1.29 is 23.4 Å². The second-order valence-electron chi connectivity index (χ2n) is 9.71. The van der Waals surface area contributed by atoms with E-state index in [1.54, 1.807) is 0 Å². The third kappa shape index (κ3) is 3.73. The average molecular weight is 418 g/mol. The Morgan fingerprint density at radius 1 is 1.27 bits per heavy atom. The molecule has 6 heteroatoms. The molecule has 2 bridgehead atoms. The number of carbonyl (C=O) groups is 1. The van der Waals surface area contributed by atoms with Crippen LogP contribution in [0.3, 0.4) is 0 Å². The van der Waals surface area contributed by atoms with Gasteiger partial charge in [-0.15, -0.1) is 0 Å². The van der Waals surface area contributed by atoms with Crippen LogP contribution in [0.5, 0.6) is 5.75 Å². The quantitative estimate of drug-likeness (QED) is 0.657. The number of carbonyl (C=O) groups excluding carboxylic acids is 1. The fraction of sp³-hybridized carbons (Fsp3) is 0.708. The van der Waals surface area contributed by atoms with Crippen molar-refractivity contribution in [3.63, 3.8) is 0 Å². The van der Waals surface area contributed by atoms with E-state index in [-0.39, 0.29) is 11.4 Å². The van der Waals surface area contributed by atoms with Crippen LogP contribution < -0.4 is 4.74 Å². The second kappa shape index (κ2) is 8.12. The average Bonchev–Trinajstić information content (AvgIpc) is 3.43. The lowest BCUT2D eigenvalue weighted by atomic mass is 9.73. The molecule has 1 aromatic rings. The summed E-state index contributed by atoms with van der Waals surface area (Å²) in [6.45, 7) is 6.28. The highest BCUT2D eigenvalue weighted by Crippen LogP contribution is 2.63. The Morgan fingerprint density at radius 3 is 2.90 bits per heavy atom. The van der Waals surface area contributed by atoms with Gasteiger partial charge in [-0.1, -0.05) is 6.42 Å². The van der Waals surface area contributed by atoms with E-state index >= 15 is 0 Å². The van der Waals surface area contributed by atoms with Crippen molar-refractivity contribution in [1.82, 2.24) is 4.90 Å². The fourth-order valence-corrected chi connectivity index (χ4v) is 6.64. The van der Waals surface area contributed by atoms with Gasteiger partial charge in [0, 0.05) is 25.6 Å². The minimum absolute atomic E-state index is 0.183. The summed E-state index contributed by atoms with van der Waals surface area (Å²) in [7, 11) is 0.